The lowest BCUT2D eigenvalue weighted by atomic mass is 10.2. The van der Waals surface area contributed by atoms with Crippen molar-refractivity contribution in [3.8, 4) is 11.5 Å². The molecule has 1 N–H and O–H groups in total. The second kappa shape index (κ2) is 7.12. The maximum Gasteiger partial charge on any atom is 0.123 e. The van der Waals surface area contributed by atoms with Crippen LogP contribution < -0.4 is 14.8 Å². The van der Waals surface area contributed by atoms with E-state index in [0.717, 1.165) is 43.2 Å². The van der Waals surface area contributed by atoms with Gasteiger partial charge in [-0.15, -0.1) is 0 Å². The summed E-state index contributed by atoms with van der Waals surface area (Å²) in [5, 5.41) is 3.29. The molecular formula is C13H21NO2. The van der Waals surface area contributed by atoms with Gasteiger partial charge >= 0.3 is 0 Å². The Morgan fingerprint density at radius 1 is 1.25 bits per heavy atom. The Balaban J connectivity index is 2.74. The van der Waals surface area contributed by atoms with Gasteiger partial charge in [0.1, 0.15) is 11.5 Å². The summed E-state index contributed by atoms with van der Waals surface area (Å²) in [7, 11) is 1.69. The first-order valence-corrected chi connectivity index (χ1v) is 5.82. The molecule has 90 valence electrons. The van der Waals surface area contributed by atoms with Crippen molar-refractivity contribution in [2.24, 2.45) is 0 Å². The van der Waals surface area contributed by atoms with Gasteiger partial charge in [0.2, 0.25) is 0 Å². The molecule has 16 heavy (non-hydrogen) atoms. The molecule has 0 saturated heterocycles. The van der Waals surface area contributed by atoms with Gasteiger partial charge < -0.3 is 14.8 Å². The van der Waals surface area contributed by atoms with E-state index in [0.29, 0.717) is 0 Å². The fraction of sp³-hybridized carbons (Fsp3) is 0.538. The third-order valence-corrected chi connectivity index (χ3v) is 2.29. The summed E-state index contributed by atoms with van der Waals surface area (Å²) in [6.07, 6.45) is 1.02. The van der Waals surface area contributed by atoms with Gasteiger partial charge in [0.15, 0.2) is 0 Å². The largest absolute Gasteiger partial charge is 0.496 e. The molecule has 0 saturated carbocycles. The van der Waals surface area contributed by atoms with Crippen LogP contribution in [0, 0.1) is 0 Å². The third-order valence-electron chi connectivity index (χ3n) is 2.29. The van der Waals surface area contributed by atoms with Crippen LogP contribution in [-0.2, 0) is 6.54 Å². The SMILES string of the molecule is CCCOc1ccc(OC)c(CNCC)c1. The third kappa shape index (κ3) is 3.74. The Labute approximate surface area is 97.8 Å². The lowest BCUT2D eigenvalue weighted by molar-refractivity contribution is 0.316. The predicted molar refractivity (Wildman–Crippen MR) is 66.2 cm³/mol. The average molecular weight is 223 g/mol. The zero-order valence-electron chi connectivity index (χ0n) is 10.4. The highest BCUT2D eigenvalue weighted by Crippen LogP contribution is 2.24. The van der Waals surface area contributed by atoms with E-state index in [9.17, 15) is 0 Å². The van der Waals surface area contributed by atoms with E-state index in [2.05, 4.69) is 19.2 Å². The van der Waals surface area contributed by atoms with E-state index >= 15 is 0 Å². The van der Waals surface area contributed by atoms with Crippen LogP contribution in [0.3, 0.4) is 0 Å². The van der Waals surface area contributed by atoms with Crippen LogP contribution in [-0.4, -0.2) is 20.3 Å². The van der Waals surface area contributed by atoms with E-state index in [1.54, 1.807) is 7.11 Å². The van der Waals surface area contributed by atoms with Crippen molar-refractivity contribution in [1.82, 2.24) is 5.32 Å². The highest BCUT2D eigenvalue weighted by Gasteiger charge is 2.04. The molecule has 1 aromatic carbocycles. The highest BCUT2D eigenvalue weighted by molar-refractivity contribution is 5.40. The number of benzene rings is 1. The van der Waals surface area contributed by atoms with Gasteiger partial charge in [0.05, 0.1) is 13.7 Å². The minimum Gasteiger partial charge on any atom is -0.496 e. The minimum absolute atomic E-state index is 0.757. The average Bonchev–Trinajstić information content (AvgIpc) is 2.33. The predicted octanol–water partition coefficient (Wildman–Crippen LogP) is 2.59. The summed E-state index contributed by atoms with van der Waals surface area (Å²) in [4.78, 5) is 0. The smallest absolute Gasteiger partial charge is 0.123 e. The number of nitrogens with one attached hydrogen (secondary N) is 1. The molecule has 0 amide bonds. The molecule has 3 nitrogen and oxygen atoms in total. The van der Waals surface area contributed by atoms with E-state index in [4.69, 9.17) is 9.47 Å². The Morgan fingerprint density at radius 2 is 2.06 bits per heavy atom. The fourth-order valence-corrected chi connectivity index (χ4v) is 1.46. The van der Waals surface area contributed by atoms with Crippen LogP contribution >= 0.6 is 0 Å². The van der Waals surface area contributed by atoms with E-state index in [1.807, 2.05) is 18.2 Å². The molecule has 0 fully saturated rings. The van der Waals surface area contributed by atoms with Crippen LogP contribution in [0.1, 0.15) is 25.8 Å². The maximum atomic E-state index is 5.59. The highest BCUT2D eigenvalue weighted by atomic mass is 16.5. The van der Waals surface area contributed by atoms with Crippen LogP contribution in [0.4, 0.5) is 0 Å². The molecule has 0 unspecified atom stereocenters. The normalized spacial score (nSPS) is 10.2. The molecule has 0 aliphatic carbocycles. The van der Waals surface area contributed by atoms with Crippen molar-refractivity contribution in [3.63, 3.8) is 0 Å². The molecule has 0 radical (unpaired) electrons. The van der Waals surface area contributed by atoms with Gasteiger partial charge in [-0.05, 0) is 31.2 Å². The van der Waals surface area contributed by atoms with Gasteiger partial charge in [-0.1, -0.05) is 13.8 Å². The molecule has 0 aliphatic rings. The Morgan fingerprint density at radius 3 is 2.69 bits per heavy atom. The molecule has 0 heterocycles. The van der Waals surface area contributed by atoms with Crippen LogP contribution in [0.2, 0.25) is 0 Å². The first-order chi connectivity index (χ1) is 7.81. The zero-order chi connectivity index (χ0) is 11.8. The monoisotopic (exact) mass is 223 g/mol. The van der Waals surface area contributed by atoms with Crippen molar-refractivity contribution in [2.75, 3.05) is 20.3 Å². The topological polar surface area (TPSA) is 30.5 Å². The van der Waals surface area contributed by atoms with Crippen molar-refractivity contribution < 1.29 is 9.47 Å². The zero-order valence-corrected chi connectivity index (χ0v) is 10.4. The van der Waals surface area contributed by atoms with E-state index in [-0.39, 0.29) is 0 Å². The number of rotatable bonds is 7. The standard InChI is InChI=1S/C13H21NO2/c1-4-8-16-12-6-7-13(15-3)11(9-12)10-14-5-2/h6-7,9,14H,4-5,8,10H2,1-3H3. The summed E-state index contributed by atoms with van der Waals surface area (Å²) in [6, 6.07) is 5.94. The van der Waals surface area contributed by atoms with Gasteiger partial charge in [0, 0.05) is 12.1 Å². The molecule has 0 bridgehead atoms. The van der Waals surface area contributed by atoms with Gasteiger partial charge in [-0.3, -0.25) is 0 Å². The molecule has 0 aromatic heterocycles. The molecule has 0 aliphatic heterocycles. The minimum atomic E-state index is 0.757. The molecule has 3 heteroatoms. The van der Waals surface area contributed by atoms with Crippen LogP contribution in [0.15, 0.2) is 18.2 Å². The summed E-state index contributed by atoms with van der Waals surface area (Å²) in [5.74, 6) is 1.82. The fourth-order valence-electron chi connectivity index (χ4n) is 1.46. The first-order valence-electron chi connectivity index (χ1n) is 5.82. The Bertz CT molecular complexity index is 313. The van der Waals surface area contributed by atoms with Crippen molar-refractivity contribution in [1.29, 1.82) is 0 Å². The second-order valence-corrected chi connectivity index (χ2v) is 3.60. The molecular weight excluding hydrogens is 202 g/mol. The van der Waals surface area contributed by atoms with Gasteiger partial charge in [-0.25, -0.2) is 0 Å². The second-order valence-electron chi connectivity index (χ2n) is 3.60. The number of hydrogen-bond donors (Lipinski definition) is 1. The summed E-state index contributed by atoms with van der Waals surface area (Å²) < 4.78 is 10.9. The maximum absolute atomic E-state index is 5.59. The van der Waals surface area contributed by atoms with E-state index < -0.39 is 0 Å². The van der Waals surface area contributed by atoms with Crippen molar-refractivity contribution in [2.45, 2.75) is 26.8 Å². The van der Waals surface area contributed by atoms with Crippen molar-refractivity contribution >= 4 is 0 Å². The Hall–Kier alpha value is -1.22. The van der Waals surface area contributed by atoms with Gasteiger partial charge in [0.25, 0.3) is 0 Å². The number of methoxy groups -OCH3 is 1. The number of hydrogen-bond acceptors (Lipinski definition) is 3. The molecule has 0 atom stereocenters. The summed E-state index contributed by atoms with van der Waals surface area (Å²) >= 11 is 0. The van der Waals surface area contributed by atoms with Crippen LogP contribution in [0.25, 0.3) is 0 Å². The van der Waals surface area contributed by atoms with Crippen molar-refractivity contribution in [3.05, 3.63) is 23.8 Å². The summed E-state index contributed by atoms with van der Waals surface area (Å²) in [5.41, 5.74) is 1.14. The first kappa shape index (κ1) is 12.8. The Kier molecular flexibility index (Phi) is 5.72. The van der Waals surface area contributed by atoms with Crippen LogP contribution in [0.5, 0.6) is 11.5 Å². The van der Waals surface area contributed by atoms with Gasteiger partial charge in [-0.2, -0.15) is 0 Å². The molecule has 0 spiro atoms. The molecule has 1 rings (SSSR count). The lowest BCUT2D eigenvalue weighted by Crippen LogP contribution is -2.12. The molecule has 1 aromatic rings. The quantitative estimate of drug-likeness (QED) is 0.770. The lowest BCUT2D eigenvalue weighted by Gasteiger charge is -2.11. The van der Waals surface area contributed by atoms with E-state index in [1.165, 1.54) is 0 Å². The number of ether oxygens (including phenoxy) is 2. The summed E-state index contributed by atoms with van der Waals surface area (Å²) in [6.45, 7) is 6.70.